The van der Waals surface area contributed by atoms with Gasteiger partial charge >= 0.3 is 0 Å². The Morgan fingerprint density at radius 3 is 2.45 bits per heavy atom. The number of hydrazone groups is 1. The van der Waals surface area contributed by atoms with E-state index >= 15 is 0 Å². The van der Waals surface area contributed by atoms with Crippen LogP contribution in [0.4, 0.5) is 5.69 Å². The normalized spacial score (nSPS) is 13.5. The molecule has 6 heteroatoms. The first-order valence-corrected chi connectivity index (χ1v) is 10.7. The lowest BCUT2D eigenvalue weighted by atomic mass is 10.2. The Bertz CT molecular complexity index is 1040. The topological polar surface area (TPSA) is 53.9 Å². The van der Waals surface area contributed by atoms with Gasteiger partial charge in [-0.15, -0.1) is 0 Å². The number of ether oxygens (including phenoxy) is 1. The predicted molar refractivity (Wildman–Crippen MR) is 125 cm³/mol. The molecule has 1 fully saturated rings. The minimum atomic E-state index is -0.246. The first kappa shape index (κ1) is 20.9. The van der Waals surface area contributed by atoms with Crippen molar-refractivity contribution in [1.29, 1.82) is 0 Å². The van der Waals surface area contributed by atoms with Crippen LogP contribution in [0.15, 0.2) is 77.9 Å². The van der Waals surface area contributed by atoms with Gasteiger partial charge in [0.25, 0.3) is 5.91 Å². The van der Waals surface area contributed by atoms with Crippen LogP contribution in [-0.4, -0.2) is 25.2 Å². The number of carbonyl (C=O) groups is 1. The fraction of sp³-hybridized carbons (Fsp3) is 0.200. The second-order valence-electron chi connectivity index (χ2n) is 7.39. The highest BCUT2D eigenvalue weighted by Gasteiger charge is 2.13. The monoisotopic (exact) mass is 433 g/mol. The summed E-state index contributed by atoms with van der Waals surface area (Å²) in [4.78, 5) is 14.7. The molecule has 5 nitrogen and oxygen atoms in total. The molecule has 1 saturated heterocycles. The van der Waals surface area contributed by atoms with Crippen molar-refractivity contribution in [3.05, 3.63) is 94.5 Å². The fourth-order valence-corrected chi connectivity index (χ4v) is 3.61. The highest BCUT2D eigenvalue weighted by Crippen LogP contribution is 2.21. The Hall–Kier alpha value is -3.31. The molecule has 4 rings (SSSR count). The van der Waals surface area contributed by atoms with E-state index in [0.717, 1.165) is 29.9 Å². The number of hydrogen-bond donors (Lipinski definition) is 1. The van der Waals surface area contributed by atoms with E-state index in [4.69, 9.17) is 16.3 Å². The predicted octanol–water partition coefficient (Wildman–Crippen LogP) is 5.28. The van der Waals surface area contributed by atoms with Gasteiger partial charge in [-0.3, -0.25) is 4.79 Å². The lowest BCUT2D eigenvalue weighted by Gasteiger charge is -2.17. The number of halogens is 1. The summed E-state index contributed by atoms with van der Waals surface area (Å²) in [7, 11) is 0. The minimum absolute atomic E-state index is 0.246. The highest BCUT2D eigenvalue weighted by atomic mass is 35.5. The van der Waals surface area contributed by atoms with Gasteiger partial charge in [-0.1, -0.05) is 35.9 Å². The van der Waals surface area contributed by atoms with Crippen molar-refractivity contribution in [2.24, 2.45) is 5.10 Å². The van der Waals surface area contributed by atoms with Gasteiger partial charge < -0.3 is 9.64 Å². The molecule has 1 amide bonds. The van der Waals surface area contributed by atoms with Crippen LogP contribution in [0.5, 0.6) is 5.75 Å². The van der Waals surface area contributed by atoms with Crippen LogP contribution in [0, 0.1) is 0 Å². The van der Waals surface area contributed by atoms with Gasteiger partial charge in [0.15, 0.2) is 0 Å². The van der Waals surface area contributed by atoms with Crippen molar-refractivity contribution in [3.63, 3.8) is 0 Å². The Morgan fingerprint density at radius 2 is 1.71 bits per heavy atom. The van der Waals surface area contributed by atoms with Crippen LogP contribution in [0.1, 0.15) is 34.3 Å². The van der Waals surface area contributed by atoms with Gasteiger partial charge in [-0.25, -0.2) is 5.43 Å². The molecule has 0 spiro atoms. The first-order valence-electron chi connectivity index (χ1n) is 10.3. The van der Waals surface area contributed by atoms with Crippen molar-refractivity contribution < 1.29 is 9.53 Å². The molecular weight excluding hydrogens is 410 g/mol. The van der Waals surface area contributed by atoms with E-state index in [9.17, 15) is 4.79 Å². The largest absolute Gasteiger partial charge is 0.488 e. The van der Waals surface area contributed by atoms with Crippen LogP contribution in [0.2, 0.25) is 5.02 Å². The number of amides is 1. The van der Waals surface area contributed by atoms with Gasteiger partial charge in [-0.05, 0) is 66.9 Å². The van der Waals surface area contributed by atoms with Crippen LogP contribution in [-0.2, 0) is 6.61 Å². The molecule has 158 valence electrons. The van der Waals surface area contributed by atoms with Crippen LogP contribution < -0.4 is 15.1 Å². The van der Waals surface area contributed by atoms with Crippen molar-refractivity contribution in [3.8, 4) is 5.75 Å². The molecule has 0 bridgehead atoms. The number of nitrogens with one attached hydrogen (secondary N) is 1. The van der Waals surface area contributed by atoms with Crippen molar-refractivity contribution >= 4 is 29.4 Å². The van der Waals surface area contributed by atoms with Crippen LogP contribution >= 0.6 is 11.6 Å². The third-order valence-corrected chi connectivity index (χ3v) is 5.45. The Morgan fingerprint density at radius 1 is 1.00 bits per heavy atom. The minimum Gasteiger partial charge on any atom is -0.488 e. The zero-order valence-corrected chi connectivity index (χ0v) is 17.9. The third kappa shape index (κ3) is 5.64. The first-order chi connectivity index (χ1) is 15.2. The maximum Gasteiger partial charge on any atom is 0.271 e. The van der Waals surface area contributed by atoms with E-state index in [0.29, 0.717) is 22.9 Å². The number of nitrogens with zero attached hydrogens (tertiary/aromatic N) is 2. The molecule has 3 aromatic rings. The second-order valence-corrected chi connectivity index (χ2v) is 7.83. The molecule has 1 aliphatic rings. The summed E-state index contributed by atoms with van der Waals surface area (Å²) in [6.45, 7) is 2.57. The molecule has 0 unspecified atom stereocenters. The molecule has 0 saturated carbocycles. The molecule has 1 N–H and O–H groups in total. The molecule has 1 aliphatic heterocycles. The molecule has 0 aromatic heterocycles. The summed E-state index contributed by atoms with van der Waals surface area (Å²) in [6, 6.07) is 22.7. The quantitative estimate of drug-likeness (QED) is 0.407. The molecule has 3 aromatic carbocycles. The number of anilines is 1. The lowest BCUT2D eigenvalue weighted by Crippen LogP contribution is -2.19. The number of rotatable bonds is 7. The third-order valence-electron chi connectivity index (χ3n) is 5.20. The summed E-state index contributed by atoms with van der Waals surface area (Å²) in [6.07, 6.45) is 4.04. The van der Waals surface area contributed by atoms with E-state index < -0.39 is 0 Å². The summed E-state index contributed by atoms with van der Waals surface area (Å²) in [5.74, 6) is 0.439. The van der Waals surface area contributed by atoms with E-state index in [1.54, 1.807) is 6.21 Å². The van der Waals surface area contributed by atoms with E-state index in [2.05, 4.69) is 15.4 Å². The van der Waals surface area contributed by atoms with Gasteiger partial charge in [0.1, 0.15) is 12.4 Å². The van der Waals surface area contributed by atoms with Gasteiger partial charge in [0.05, 0.1) is 6.21 Å². The summed E-state index contributed by atoms with van der Waals surface area (Å²) < 4.78 is 5.92. The smallest absolute Gasteiger partial charge is 0.271 e. The average Bonchev–Trinajstić information content (AvgIpc) is 3.34. The number of carbonyl (C=O) groups excluding carboxylic acids is 1. The van der Waals surface area contributed by atoms with Crippen molar-refractivity contribution in [2.75, 3.05) is 18.0 Å². The number of hydrogen-bond acceptors (Lipinski definition) is 4. The summed E-state index contributed by atoms with van der Waals surface area (Å²) in [5, 5.41) is 4.80. The molecule has 31 heavy (non-hydrogen) atoms. The lowest BCUT2D eigenvalue weighted by molar-refractivity contribution is 0.0955. The zero-order valence-electron chi connectivity index (χ0n) is 17.1. The van der Waals surface area contributed by atoms with Gasteiger partial charge in [0, 0.05) is 34.9 Å². The van der Waals surface area contributed by atoms with Gasteiger partial charge in [0.2, 0.25) is 0 Å². The average molecular weight is 434 g/mol. The number of benzene rings is 3. The van der Waals surface area contributed by atoms with E-state index in [1.165, 1.54) is 12.8 Å². The van der Waals surface area contributed by atoms with Crippen molar-refractivity contribution in [2.45, 2.75) is 19.4 Å². The molecular formula is C25H24ClN3O2. The Balaban J connectivity index is 1.35. The Labute approximate surface area is 187 Å². The van der Waals surface area contributed by atoms with Crippen LogP contribution in [0.25, 0.3) is 0 Å². The molecule has 0 radical (unpaired) electrons. The maximum atomic E-state index is 12.4. The standard InChI is InChI=1S/C25H24ClN3O2/c26-22-11-7-19(8-12-22)18-31-24-6-2-1-5-21(24)17-27-28-25(30)20-9-13-23(14-10-20)29-15-3-4-16-29/h1-2,5-14,17H,3-4,15-16,18H2,(H,28,30)/b27-17-. The molecule has 0 aliphatic carbocycles. The molecule has 1 heterocycles. The van der Waals surface area contributed by atoms with Crippen LogP contribution in [0.3, 0.4) is 0 Å². The van der Waals surface area contributed by atoms with E-state index in [1.807, 2.05) is 72.8 Å². The molecule has 0 atom stereocenters. The SMILES string of the molecule is O=C(N/N=C\c1ccccc1OCc1ccc(Cl)cc1)c1ccc(N2CCCC2)cc1. The number of para-hydroxylation sites is 1. The van der Waals surface area contributed by atoms with E-state index in [-0.39, 0.29) is 5.91 Å². The Kier molecular flexibility index (Phi) is 6.85. The zero-order chi connectivity index (χ0) is 21.5. The highest BCUT2D eigenvalue weighted by molar-refractivity contribution is 6.30. The second kappa shape index (κ2) is 10.1. The maximum absolute atomic E-state index is 12.4. The van der Waals surface area contributed by atoms with Gasteiger partial charge in [-0.2, -0.15) is 5.10 Å². The fourth-order valence-electron chi connectivity index (χ4n) is 3.48. The summed E-state index contributed by atoms with van der Waals surface area (Å²) >= 11 is 5.92. The van der Waals surface area contributed by atoms with Crippen molar-refractivity contribution in [1.82, 2.24) is 5.43 Å². The summed E-state index contributed by atoms with van der Waals surface area (Å²) in [5.41, 5.74) is 6.12.